The topological polar surface area (TPSA) is 99.7 Å². The SMILES string of the molecule is CCc1cc(C(=O)N2CCC(c3cc4nc5c(c(=O)n4[nH]3)CN(C(C)C)CC5)CC2)no1. The van der Waals surface area contributed by atoms with Crippen LogP contribution in [0.4, 0.5) is 0 Å². The van der Waals surface area contributed by atoms with Crippen LogP contribution in [0.1, 0.15) is 72.7 Å². The zero-order chi connectivity index (χ0) is 22.4. The molecule has 1 N–H and O–H groups in total. The lowest BCUT2D eigenvalue weighted by molar-refractivity contribution is 0.0701. The zero-order valence-electron chi connectivity index (χ0n) is 18.9. The highest BCUT2D eigenvalue weighted by Crippen LogP contribution is 2.28. The third-order valence-electron chi connectivity index (χ3n) is 6.89. The number of fused-ring (bicyclic) bond motifs is 2. The minimum Gasteiger partial charge on any atom is -0.361 e. The molecule has 2 aliphatic rings. The normalized spacial score (nSPS) is 17.9. The molecule has 32 heavy (non-hydrogen) atoms. The Labute approximate surface area is 186 Å². The second-order valence-corrected chi connectivity index (χ2v) is 9.16. The van der Waals surface area contributed by atoms with Crippen LogP contribution in [-0.2, 0) is 19.4 Å². The summed E-state index contributed by atoms with van der Waals surface area (Å²) in [5.74, 6) is 0.898. The van der Waals surface area contributed by atoms with Gasteiger partial charge in [-0.1, -0.05) is 12.1 Å². The van der Waals surface area contributed by atoms with Crippen LogP contribution < -0.4 is 5.56 Å². The molecule has 1 amide bonds. The van der Waals surface area contributed by atoms with Crippen molar-refractivity contribution < 1.29 is 9.32 Å². The predicted molar refractivity (Wildman–Crippen MR) is 119 cm³/mol. The van der Waals surface area contributed by atoms with Gasteiger partial charge >= 0.3 is 0 Å². The molecular formula is C23H30N6O3. The maximum Gasteiger partial charge on any atom is 0.277 e. The Hall–Kier alpha value is -2.94. The number of nitrogens with zero attached hydrogens (tertiary/aromatic N) is 5. The molecule has 0 aliphatic carbocycles. The molecule has 0 bridgehead atoms. The van der Waals surface area contributed by atoms with Gasteiger partial charge in [-0.25, -0.2) is 9.50 Å². The average Bonchev–Trinajstić information content (AvgIpc) is 3.46. The lowest BCUT2D eigenvalue weighted by Crippen LogP contribution is -2.40. The number of aromatic amines is 1. The van der Waals surface area contributed by atoms with Crippen molar-refractivity contribution in [2.45, 2.75) is 65.0 Å². The second-order valence-electron chi connectivity index (χ2n) is 9.16. The van der Waals surface area contributed by atoms with E-state index in [1.165, 1.54) is 0 Å². The number of carbonyl (C=O) groups is 1. The third-order valence-corrected chi connectivity index (χ3v) is 6.89. The molecule has 9 nitrogen and oxygen atoms in total. The van der Waals surface area contributed by atoms with E-state index in [1.54, 1.807) is 10.6 Å². The van der Waals surface area contributed by atoms with Crippen molar-refractivity contribution in [2.75, 3.05) is 19.6 Å². The fourth-order valence-electron chi connectivity index (χ4n) is 4.81. The summed E-state index contributed by atoms with van der Waals surface area (Å²) in [6.07, 6.45) is 3.18. The molecular weight excluding hydrogens is 408 g/mol. The first-order valence-corrected chi connectivity index (χ1v) is 11.6. The maximum atomic E-state index is 13.2. The number of hydrogen-bond donors (Lipinski definition) is 1. The van der Waals surface area contributed by atoms with Crippen LogP contribution in [0.25, 0.3) is 5.65 Å². The van der Waals surface area contributed by atoms with E-state index in [-0.39, 0.29) is 17.4 Å². The van der Waals surface area contributed by atoms with Crippen LogP contribution in [0.5, 0.6) is 0 Å². The molecule has 9 heteroatoms. The van der Waals surface area contributed by atoms with Crippen molar-refractivity contribution in [3.63, 3.8) is 0 Å². The molecule has 5 rings (SSSR count). The van der Waals surface area contributed by atoms with E-state index in [1.807, 2.05) is 17.9 Å². The van der Waals surface area contributed by atoms with E-state index < -0.39 is 0 Å². The molecule has 170 valence electrons. The van der Waals surface area contributed by atoms with Gasteiger partial charge < -0.3 is 9.42 Å². The van der Waals surface area contributed by atoms with Crippen LogP contribution in [0, 0.1) is 0 Å². The molecule has 0 aromatic carbocycles. The van der Waals surface area contributed by atoms with Gasteiger partial charge in [0.05, 0.1) is 11.3 Å². The number of nitrogens with one attached hydrogen (secondary N) is 1. The number of carbonyl (C=O) groups excluding carboxylic acids is 1. The molecule has 1 fully saturated rings. The summed E-state index contributed by atoms with van der Waals surface area (Å²) in [5.41, 5.74) is 3.82. The van der Waals surface area contributed by atoms with Crippen molar-refractivity contribution in [3.05, 3.63) is 50.9 Å². The number of amides is 1. The second kappa shape index (κ2) is 8.20. The summed E-state index contributed by atoms with van der Waals surface area (Å²) < 4.78 is 6.77. The first-order valence-electron chi connectivity index (χ1n) is 11.6. The van der Waals surface area contributed by atoms with Gasteiger partial charge in [-0.15, -0.1) is 0 Å². The molecule has 3 aromatic rings. The zero-order valence-corrected chi connectivity index (χ0v) is 18.9. The highest BCUT2D eigenvalue weighted by Gasteiger charge is 2.29. The minimum atomic E-state index is -0.0798. The molecule has 2 aliphatic heterocycles. The lowest BCUT2D eigenvalue weighted by atomic mass is 9.93. The largest absolute Gasteiger partial charge is 0.361 e. The van der Waals surface area contributed by atoms with Gasteiger partial charge in [0, 0.05) is 68.8 Å². The Balaban J connectivity index is 1.32. The van der Waals surface area contributed by atoms with Crippen molar-refractivity contribution in [3.8, 4) is 0 Å². The smallest absolute Gasteiger partial charge is 0.277 e. The summed E-state index contributed by atoms with van der Waals surface area (Å²) in [7, 11) is 0. The first kappa shape index (κ1) is 20.9. The number of H-pyrrole nitrogens is 1. The Morgan fingerprint density at radius 3 is 2.72 bits per heavy atom. The van der Waals surface area contributed by atoms with Crippen LogP contribution >= 0.6 is 0 Å². The molecule has 0 saturated carbocycles. The third kappa shape index (κ3) is 3.64. The Bertz CT molecular complexity index is 1200. The van der Waals surface area contributed by atoms with Gasteiger partial charge in [0.1, 0.15) is 5.76 Å². The van der Waals surface area contributed by atoms with E-state index in [0.717, 1.165) is 54.9 Å². The number of rotatable bonds is 4. The van der Waals surface area contributed by atoms with Crippen LogP contribution in [0.2, 0.25) is 0 Å². The van der Waals surface area contributed by atoms with Gasteiger partial charge in [-0.2, -0.15) is 0 Å². The summed E-state index contributed by atoms with van der Waals surface area (Å²) in [6.45, 7) is 9.16. The molecule has 0 spiro atoms. The van der Waals surface area contributed by atoms with Gasteiger partial charge in [-0.3, -0.25) is 19.6 Å². The number of aromatic nitrogens is 4. The van der Waals surface area contributed by atoms with Gasteiger partial charge in [0.25, 0.3) is 11.5 Å². The van der Waals surface area contributed by atoms with Gasteiger partial charge in [0.2, 0.25) is 0 Å². The summed E-state index contributed by atoms with van der Waals surface area (Å²) >= 11 is 0. The van der Waals surface area contributed by atoms with E-state index in [0.29, 0.717) is 37.0 Å². The maximum absolute atomic E-state index is 13.2. The number of likely N-dealkylation sites (tertiary alicyclic amines) is 1. The highest BCUT2D eigenvalue weighted by atomic mass is 16.5. The minimum absolute atomic E-state index is 0.00646. The summed E-state index contributed by atoms with van der Waals surface area (Å²) in [4.78, 5) is 34.8. The average molecular weight is 439 g/mol. The number of hydrogen-bond acceptors (Lipinski definition) is 6. The van der Waals surface area contributed by atoms with E-state index in [2.05, 4.69) is 29.0 Å². The standard InChI is InChI=1S/C23H30N6O3/c1-4-16-11-20(26-32-16)23(31)27-8-5-15(6-9-27)19-12-21-24-18-7-10-28(14(2)3)13-17(18)22(30)29(21)25-19/h11-12,14-15,25H,4-10,13H2,1-3H3. The van der Waals surface area contributed by atoms with Crippen molar-refractivity contribution in [2.24, 2.45) is 0 Å². The molecule has 0 radical (unpaired) electrons. The Kier molecular flexibility index (Phi) is 5.36. The first-order chi connectivity index (χ1) is 15.4. The van der Waals surface area contributed by atoms with Crippen molar-refractivity contribution >= 4 is 11.6 Å². The Morgan fingerprint density at radius 2 is 2.03 bits per heavy atom. The fourth-order valence-corrected chi connectivity index (χ4v) is 4.81. The van der Waals surface area contributed by atoms with E-state index >= 15 is 0 Å². The number of piperidine rings is 1. The lowest BCUT2D eigenvalue weighted by Gasteiger charge is -2.31. The monoisotopic (exact) mass is 438 g/mol. The van der Waals surface area contributed by atoms with Crippen molar-refractivity contribution in [1.82, 2.24) is 29.6 Å². The van der Waals surface area contributed by atoms with Crippen LogP contribution in [0.3, 0.4) is 0 Å². The quantitative estimate of drug-likeness (QED) is 0.671. The van der Waals surface area contributed by atoms with Crippen LogP contribution in [0.15, 0.2) is 21.5 Å². The molecule has 5 heterocycles. The van der Waals surface area contributed by atoms with Crippen molar-refractivity contribution in [1.29, 1.82) is 0 Å². The van der Waals surface area contributed by atoms with Crippen LogP contribution in [-0.4, -0.2) is 61.1 Å². The fraction of sp³-hybridized carbons (Fsp3) is 0.565. The van der Waals surface area contributed by atoms with Gasteiger partial charge in [-0.05, 0) is 26.7 Å². The summed E-state index contributed by atoms with van der Waals surface area (Å²) in [5, 5.41) is 7.22. The highest BCUT2D eigenvalue weighted by molar-refractivity contribution is 5.92. The molecule has 3 aromatic heterocycles. The molecule has 0 unspecified atom stereocenters. The van der Waals surface area contributed by atoms with E-state index in [4.69, 9.17) is 9.51 Å². The Morgan fingerprint density at radius 1 is 1.25 bits per heavy atom. The summed E-state index contributed by atoms with van der Waals surface area (Å²) in [6, 6.07) is 4.14. The van der Waals surface area contributed by atoms with Gasteiger partial charge in [0.15, 0.2) is 11.3 Å². The molecule has 1 saturated heterocycles. The number of aryl methyl sites for hydroxylation is 1. The molecule has 0 atom stereocenters. The predicted octanol–water partition coefficient (Wildman–Crippen LogP) is 2.36. The van der Waals surface area contributed by atoms with E-state index in [9.17, 15) is 9.59 Å².